The smallest absolute Gasteiger partial charge is 0.416 e. The van der Waals surface area contributed by atoms with Crippen LogP contribution in [0.3, 0.4) is 0 Å². The van der Waals surface area contributed by atoms with Crippen molar-refractivity contribution in [3.8, 4) is 11.1 Å². The minimum absolute atomic E-state index is 0.0366. The summed E-state index contributed by atoms with van der Waals surface area (Å²) < 4.78 is 43.7. The van der Waals surface area contributed by atoms with Gasteiger partial charge in [0.1, 0.15) is 0 Å². The Morgan fingerprint density at radius 3 is 2.15 bits per heavy atom. The SMILES string of the molecule is COC(=O)CCNC(=O)c1ccc(C(CC(C)(C)C)Sc2cc(C)c(-c3ccc(C(F)(F)F)cc3)c(C)c2)s1. The quantitative estimate of drug-likeness (QED) is 0.204. The van der Waals surface area contributed by atoms with Crippen molar-refractivity contribution < 1.29 is 27.5 Å². The van der Waals surface area contributed by atoms with Gasteiger partial charge >= 0.3 is 12.1 Å². The van der Waals surface area contributed by atoms with Crippen LogP contribution in [0.1, 0.15) is 70.1 Å². The van der Waals surface area contributed by atoms with Crippen molar-refractivity contribution in [2.24, 2.45) is 5.41 Å². The number of hydrogen-bond donors (Lipinski definition) is 1. The van der Waals surface area contributed by atoms with Crippen LogP contribution in [-0.4, -0.2) is 25.5 Å². The highest BCUT2D eigenvalue weighted by molar-refractivity contribution is 7.99. The van der Waals surface area contributed by atoms with Crippen LogP contribution in [0.5, 0.6) is 0 Å². The molecule has 0 saturated heterocycles. The number of alkyl halides is 3. The Balaban J connectivity index is 1.83. The molecule has 0 saturated carbocycles. The molecule has 1 unspecified atom stereocenters. The Morgan fingerprint density at radius 1 is 1.00 bits per heavy atom. The summed E-state index contributed by atoms with van der Waals surface area (Å²) in [5.74, 6) is -0.596. The van der Waals surface area contributed by atoms with E-state index in [0.717, 1.165) is 50.6 Å². The Labute approximate surface area is 236 Å². The number of carbonyl (C=O) groups excluding carboxylic acids is 2. The Hall–Kier alpha value is -2.78. The number of amides is 1. The second-order valence-corrected chi connectivity index (χ2v) is 13.1. The molecule has 2 aromatic carbocycles. The summed E-state index contributed by atoms with van der Waals surface area (Å²) >= 11 is 3.17. The van der Waals surface area contributed by atoms with Gasteiger partial charge in [0.05, 0.1) is 24.0 Å². The van der Waals surface area contributed by atoms with Gasteiger partial charge in [-0.3, -0.25) is 9.59 Å². The van der Waals surface area contributed by atoms with Crippen molar-refractivity contribution in [3.05, 3.63) is 75.0 Å². The van der Waals surface area contributed by atoms with Gasteiger partial charge in [-0.1, -0.05) is 32.9 Å². The zero-order chi connectivity index (χ0) is 29.0. The van der Waals surface area contributed by atoms with E-state index in [0.29, 0.717) is 4.88 Å². The number of nitrogens with one attached hydrogen (secondary N) is 1. The van der Waals surface area contributed by atoms with E-state index >= 15 is 0 Å². The fourth-order valence-electron chi connectivity index (χ4n) is 4.31. The summed E-state index contributed by atoms with van der Waals surface area (Å²) in [6.07, 6.45) is -3.37. The molecule has 9 heteroatoms. The normalized spacial score (nSPS) is 12.7. The van der Waals surface area contributed by atoms with Crippen LogP contribution in [0, 0.1) is 19.3 Å². The Morgan fingerprint density at radius 2 is 1.62 bits per heavy atom. The van der Waals surface area contributed by atoms with Crippen molar-refractivity contribution in [1.82, 2.24) is 5.32 Å². The van der Waals surface area contributed by atoms with Crippen molar-refractivity contribution in [2.75, 3.05) is 13.7 Å². The van der Waals surface area contributed by atoms with Gasteiger partial charge in [-0.15, -0.1) is 23.1 Å². The van der Waals surface area contributed by atoms with Gasteiger partial charge in [-0.05, 0) is 84.3 Å². The zero-order valence-electron chi connectivity index (χ0n) is 23.0. The lowest BCUT2D eigenvalue weighted by Gasteiger charge is -2.25. The molecule has 0 fully saturated rings. The van der Waals surface area contributed by atoms with Crippen molar-refractivity contribution >= 4 is 35.0 Å². The number of aryl methyl sites for hydroxylation is 2. The number of carbonyl (C=O) groups is 2. The molecule has 0 aliphatic heterocycles. The maximum atomic E-state index is 13.0. The second kappa shape index (κ2) is 12.6. The van der Waals surface area contributed by atoms with E-state index < -0.39 is 11.7 Å². The topological polar surface area (TPSA) is 55.4 Å². The van der Waals surface area contributed by atoms with E-state index in [2.05, 4.69) is 43.0 Å². The van der Waals surface area contributed by atoms with Gasteiger partial charge in [0.25, 0.3) is 5.91 Å². The monoisotopic (exact) mass is 577 g/mol. The van der Waals surface area contributed by atoms with E-state index in [1.165, 1.54) is 30.6 Å². The third-order valence-corrected chi connectivity index (χ3v) is 8.65. The van der Waals surface area contributed by atoms with E-state index in [1.807, 2.05) is 26.0 Å². The van der Waals surface area contributed by atoms with Crippen LogP contribution >= 0.6 is 23.1 Å². The van der Waals surface area contributed by atoms with Gasteiger partial charge < -0.3 is 10.1 Å². The van der Waals surface area contributed by atoms with Crippen molar-refractivity contribution in [1.29, 1.82) is 0 Å². The van der Waals surface area contributed by atoms with Crippen LogP contribution in [0.2, 0.25) is 0 Å². The predicted molar refractivity (Wildman–Crippen MR) is 152 cm³/mol. The van der Waals surface area contributed by atoms with Crippen LogP contribution in [-0.2, 0) is 15.7 Å². The van der Waals surface area contributed by atoms with Crippen LogP contribution < -0.4 is 5.32 Å². The lowest BCUT2D eigenvalue weighted by Crippen LogP contribution is -2.25. The highest BCUT2D eigenvalue weighted by Gasteiger charge is 2.30. The molecule has 1 amide bonds. The number of ether oxygens (including phenoxy) is 1. The van der Waals surface area contributed by atoms with E-state index in [9.17, 15) is 22.8 Å². The van der Waals surface area contributed by atoms with E-state index in [1.54, 1.807) is 11.8 Å². The molecule has 210 valence electrons. The molecular formula is C30H34F3NO3S2. The molecule has 1 aromatic heterocycles. The molecule has 0 radical (unpaired) electrons. The summed E-state index contributed by atoms with van der Waals surface area (Å²) in [7, 11) is 1.31. The molecule has 1 N–H and O–H groups in total. The predicted octanol–water partition coefficient (Wildman–Crippen LogP) is 8.61. The molecule has 39 heavy (non-hydrogen) atoms. The number of benzene rings is 2. The molecule has 1 atom stereocenters. The van der Waals surface area contributed by atoms with Gasteiger partial charge in [0, 0.05) is 21.6 Å². The standard InChI is InChI=1S/C30H34F3NO3S2/c1-18-15-22(16-19(2)27(18)20-7-9-21(10-8-20)30(31,32)33)38-25(17-29(3,4)5)23-11-12-24(39-23)28(36)34-14-13-26(35)37-6/h7-12,15-16,25H,13-14,17H2,1-6H3,(H,34,36). The largest absolute Gasteiger partial charge is 0.469 e. The van der Waals surface area contributed by atoms with Gasteiger partial charge in [-0.25, -0.2) is 0 Å². The molecule has 0 aliphatic rings. The first-order valence-electron chi connectivity index (χ1n) is 12.6. The third kappa shape index (κ3) is 8.60. The van der Waals surface area contributed by atoms with Crippen molar-refractivity contribution in [3.63, 3.8) is 0 Å². The molecule has 0 bridgehead atoms. The summed E-state index contributed by atoms with van der Waals surface area (Å²) in [6, 6.07) is 13.2. The van der Waals surface area contributed by atoms with Gasteiger partial charge in [-0.2, -0.15) is 13.2 Å². The summed E-state index contributed by atoms with van der Waals surface area (Å²) in [5, 5.41) is 2.86. The number of hydrogen-bond acceptors (Lipinski definition) is 5. The van der Waals surface area contributed by atoms with E-state index in [4.69, 9.17) is 0 Å². The minimum atomic E-state index is -4.36. The fraction of sp³-hybridized carbons (Fsp3) is 0.400. The second-order valence-electron chi connectivity index (χ2n) is 10.7. The van der Waals surface area contributed by atoms with Crippen LogP contribution in [0.4, 0.5) is 13.2 Å². The summed E-state index contributed by atoms with van der Waals surface area (Å²) in [4.78, 5) is 26.6. The molecule has 0 spiro atoms. The summed E-state index contributed by atoms with van der Waals surface area (Å²) in [5.41, 5.74) is 3.04. The first-order chi connectivity index (χ1) is 18.2. The average molecular weight is 578 g/mol. The van der Waals surface area contributed by atoms with Crippen LogP contribution in [0.15, 0.2) is 53.4 Å². The molecule has 0 aliphatic carbocycles. The highest BCUT2D eigenvalue weighted by Crippen LogP contribution is 2.46. The Bertz CT molecular complexity index is 1290. The number of rotatable bonds is 9. The number of methoxy groups -OCH3 is 1. The average Bonchev–Trinajstić information content (AvgIpc) is 3.32. The van der Waals surface area contributed by atoms with E-state index in [-0.39, 0.29) is 35.5 Å². The van der Waals surface area contributed by atoms with Gasteiger partial charge in [0.15, 0.2) is 0 Å². The molecular weight excluding hydrogens is 543 g/mol. The first kappa shape index (κ1) is 30.8. The number of thioether (sulfide) groups is 1. The maximum absolute atomic E-state index is 13.0. The molecule has 3 aromatic rings. The highest BCUT2D eigenvalue weighted by atomic mass is 32.2. The number of thiophene rings is 1. The molecule has 1 heterocycles. The zero-order valence-corrected chi connectivity index (χ0v) is 24.6. The Kier molecular flexibility index (Phi) is 9.93. The molecule has 3 rings (SSSR count). The van der Waals surface area contributed by atoms with Crippen molar-refractivity contribution in [2.45, 2.75) is 63.8 Å². The third-order valence-electron chi connectivity index (χ3n) is 6.09. The number of esters is 1. The molecule has 4 nitrogen and oxygen atoms in total. The van der Waals surface area contributed by atoms with Gasteiger partial charge in [0.2, 0.25) is 0 Å². The maximum Gasteiger partial charge on any atom is 0.416 e. The lowest BCUT2D eigenvalue weighted by atomic mass is 9.90. The lowest BCUT2D eigenvalue weighted by molar-refractivity contribution is -0.140. The summed E-state index contributed by atoms with van der Waals surface area (Å²) in [6.45, 7) is 10.7. The number of halogens is 3. The minimum Gasteiger partial charge on any atom is -0.469 e. The first-order valence-corrected chi connectivity index (χ1v) is 14.3. The van der Waals surface area contributed by atoms with Crippen LogP contribution in [0.25, 0.3) is 11.1 Å². The fourth-order valence-corrected chi connectivity index (χ4v) is 7.10.